The highest BCUT2D eigenvalue weighted by atomic mass is 16.5. The normalized spacial score (nSPS) is 23.4. The van der Waals surface area contributed by atoms with Crippen molar-refractivity contribution in [2.75, 3.05) is 21.3 Å². The van der Waals surface area contributed by atoms with Crippen molar-refractivity contribution in [1.29, 1.82) is 0 Å². The molecule has 1 fully saturated rings. The predicted octanol–water partition coefficient (Wildman–Crippen LogP) is 1.71. The molecule has 2 atom stereocenters. The van der Waals surface area contributed by atoms with Crippen LogP contribution in [0.5, 0.6) is 11.5 Å². The lowest BCUT2D eigenvalue weighted by atomic mass is 9.95. The Morgan fingerprint density at radius 1 is 1.30 bits per heavy atom. The quantitative estimate of drug-likeness (QED) is 0.914. The van der Waals surface area contributed by atoms with Gasteiger partial charge in [-0.1, -0.05) is 12.1 Å². The van der Waals surface area contributed by atoms with Crippen LogP contribution in [0.1, 0.15) is 30.9 Å². The Hall–Kier alpha value is -1.75. The Labute approximate surface area is 119 Å². The maximum Gasteiger partial charge on any atom is 0.222 e. The Morgan fingerprint density at radius 3 is 2.70 bits per heavy atom. The summed E-state index contributed by atoms with van der Waals surface area (Å²) in [6, 6.07) is 5.39. The van der Waals surface area contributed by atoms with Crippen molar-refractivity contribution in [2.45, 2.75) is 31.3 Å². The number of methoxy groups -OCH3 is 2. The number of nitrogens with two attached hydrogens (primary N) is 1. The van der Waals surface area contributed by atoms with Gasteiger partial charge < -0.3 is 20.1 Å². The molecule has 2 unspecified atom stereocenters. The van der Waals surface area contributed by atoms with E-state index in [1.165, 1.54) is 0 Å². The highest BCUT2D eigenvalue weighted by Crippen LogP contribution is 2.39. The first kappa shape index (κ1) is 14.7. The molecule has 110 valence electrons. The number of likely N-dealkylation sites (tertiary alicyclic amines) is 1. The molecule has 2 N–H and O–H groups in total. The molecule has 20 heavy (non-hydrogen) atoms. The van der Waals surface area contributed by atoms with Gasteiger partial charge in [0.2, 0.25) is 5.91 Å². The van der Waals surface area contributed by atoms with Crippen molar-refractivity contribution >= 4 is 5.91 Å². The zero-order chi connectivity index (χ0) is 14.7. The van der Waals surface area contributed by atoms with Crippen LogP contribution in [0.15, 0.2) is 18.2 Å². The van der Waals surface area contributed by atoms with Gasteiger partial charge >= 0.3 is 0 Å². The van der Waals surface area contributed by atoms with Gasteiger partial charge in [0.15, 0.2) is 11.5 Å². The van der Waals surface area contributed by atoms with Crippen LogP contribution in [-0.4, -0.2) is 38.1 Å². The van der Waals surface area contributed by atoms with Crippen LogP contribution in [0, 0.1) is 0 Å². The molecule has 0 radical (unpaired) electrons. The number of hydrogen-bond donors (Lipinski definition) is 1. The minimum atomic E-state index is -0.185. The summed E-state index contributed by atoms with van der Waals surface area (Å²) in [6.07, 6.45) is 2.20. The molecule has 0 aliphatic carbocycles. The Balaban J connectivity index is 2.49. The van der Waals surface area contributed by atoms with Gasteiger partial charge in [-0.15, -0.1) is 0 Å². The molecule has 0 bridgehead atoms. The van der Waals surface area contributed by atoms with E-state index in [9.17, 15) is 4.79 Å². The van der Waals surface area contributed by atoms with Gasteiger partial charge in [-0.2, -0.15) is 0 Å². The second kappa shape index (κ2) is 6.13. The van der Waals surface area contributed by atoms with E-state index in [1.54, 1.807) is 26.2 Å². The summed E-state index contributed by atoms with van der Waals surface area (Å²) in [7, 11) is 5.01. The van der Waals surface area contributed by atoms with Gasteiger partial charge in [-0.05, 0) is 18.9 Å². The van der Waals surface area contributed by atoms with Crippen LogP contribution in [0.2, 0.25) is 0 Å². The molecule has 0 saturated carbocycles. The minimum Gasteiger partial charge on any atom is -0.493 e. The van der Waals surface area contributed by atoms with Crippen LogP contribution in [-0.2, 0) is 4.79 Å². The number of carbonyl (C=O) groups is 1. The second-order valence-electron chi connectivity index (χ2n) is 5.09. The van der Waals surface area contributed by atoms with Gasteiger partial charge in [-0.3, -0.25) is 4.79 Å². The van der Waals surface area contributed by atoms with Crippen molar-refractivity contribution in [2.24, 2.45) is 5.73 Å². The first-order valence-electron chi connectivity index (χ1n) is 6.82. The predicted molar refractivity (Wildman–Crippen MR) is 76.9 cm³/mol. The largest absolute Gasteiger partial charge is 0.493 e. The molecule has 1 saturated heterocycles. The van der Waals surface area contributed by atoms with E-state index in [0.717, 1.165) is 18.4 Å². The van der Waals surface area contributed by atoms with E-state index in [-0.39, 0.29) is 18.0 Å². The molecular formula is C15H22N2O3. The molecule has 5 heteroatoms. The number of amides is 1. The number of carbonyl (C=O) groups excluding carboxylic acids is 1. The molecule has 0 spiro atoms. The molecule has 2 rings (SSSR count). The van der Waals surface area contributed by atoms with Crippen LogP contribution in [0.4, 0.5) is 0 Å². The molecule has 1 aliphatic heterocycles. The molecule has 1 aromatic rings. The summed E-state index contributed by atoms with van der Waals surface area (Å²) < 4.78 is 10.8. The van der Waals surface area contributed by atoms with Crippen molar-refractivity contribution in [3.63, 3.8) is 0 Å². The van der Waals surface area contributed by atoms with E-state index in [2.05, 4.69) is 0 Å². The van der Waals surface area contributed by atoms with Crippen molar-refractivity contribution in [1.82, 2.24) is 4.90 Å². The van der Waals surface area contributed by atoms with Gasteiger partial charge in [-0.25, -0.2) is 0 Å². The van der Waals surface area contributed by atoms with E-state index in [1.807, 2.05) is 18.2 Å². The number of likely N-dealkylation sites (N-methyl/N-ethyl adjacent to an activating group) is 1. The molecule has 1 heterocycles. The Kier molecular flexibility index (Phi) is 4.49. The second-order valence-corrected chi connectivity index (χ2v) is 5.09. The summed E-state index contributed by atoms with van der Waals surface area (Å²) in [6.45, 7) is 0. The lowest BCUT2D eigenvalue weighted by Gasteiger charge is -2.32. The fourth-order valence-electron chi connectivity index (χ4n) is 2.85. The highest BCUT2D eigenvalue weighted by molar-refractivity contribution is 5.77. The monoisotopic (exact) mass is 278 g/mol. The number of para-hydroxylation sites is 1. The lowest BCUT2D eigenvalue weighted by Crippen LogP contribution is -2.40. The van der Waals surface area contributed by atoms with Gasteiger partial charge in [0.1, 0.15) is 0 Å². The van der Waals surface area contributed by atoms with E-state index in [0.29, 0.717) is 17.9 Å². The van der Waals surface area contributed by atoms with E-state index in [4.69, 9.17) is 15.2 Å². The SMILES string of the molecule is COc1cccc(C2C(N)CCCC(=O)N2C)c1OC. The summed E-state index contributed by atoms with van der Waals surface area (Å²) >= 11 is 0. The third kappa shape index (κ3) is 2.58. The van der Waals surface area contributed by atoms with E-state index >= 15 is 0 Å². The summed E-state index contributed by atoms with van der Waals surface area (Å²) in [5.41, 5.74) is 7.19. The van der Waals surface area contributed by atoms with Gasteiger partial charge in [0, 0.05) is 25.1 Å². The zero-order valence-corrected chi connectivity index (χ0v) is 12.3. The third-order valence-electron chi connectivity index (χ3n) is 3.90. The number of rotatable bonds is 3. The van der Waals surface area contributed by atoms with Crippen molar-refractivity contribution < 1.29 is 14.3 Å². The molecule has 0 aromatic heterocycles. The standard InChI is InChI=1S/C15H22N2O3/c1-17-13(18)9-5-7-11(16)14(17)10-6-4-8-12(19-2)15(10)20-3/h4,6,8,11,14H,5,7,9,16H2,1-3H3. The number of hydrogen-bond acceptors (Lipinski definition) is 4. The van der Waals surface area contributed by atoms with E-state index < -0.39 is 0 Å². The maximum atomic E-state index is 12.1. The summed E-state index contributed by atoms with van der Waals surface area (Å²) in [5, 5.41) is 0. The number of nitrogens with zero attached hydrogens (tertiary/aromatic N) is 1. The van der Waals surface area contributed by atoms with Crippen molar-refractivity contribution in [3.8, 4) is 11.5 Å². The van der Waals surface area contributed by atoms with Gasteiger partial charge in [0.05, 0.1) is 20.3 Å². The fraction of sp³-hybridized carbons (Fsp3) is 0.533. The average molecular weight is 278 g/mol. The van der Waals surface area contributed by atoms with Crippen LogP contribution < -0.4 is 15.2 Å². The molecule has 1 amide bonds. The average Bonchev–Trinajstić information content (AvgIpc) is 2.57. The number of ether oxygens (including phenoxy) is 2. The Bertz CT molecular complexity index is 490. The zero-order valence-electron chi connectivity index (χ0n) is 12.3. The smallest absolute Gasteiger partial charge is 0.222 e. The molecule has 5 nitrogen and oxygen atoms in total. The summed E-state index contributed by atoms with van der Waals surface area (Å²) in [4.78, 5) is 13.8. The maximum absolute atomic E-state index is 12.1. The van der Waals surface area contributed by atoms with Crippen LogP contribution in [0.3, 0.4) is 0 Å². The third-order valence-corrected chi connectivity index (χ3v) is 3.90. The topological polar surface area (TPSA) is 64.8 Å². The van der Waals surface area contributed by atoms with Crippen molar-refractivity contribution in [3.05, 3.63) is 23.8 Å². The van der Waals surface area contributed by atoms with Crippen LogP contribution in [0.25, 0.3) is 0 Å². The highest BCUT2D eigenvalue weighted by Gasteiger charge is 2.33. The Morgan fingerprint density at radius 2 is 2.05 bits per heavy atom. The molecule has 1 aromatic carbocycles. The number of benzene rings is 1. The van der Waals surface area contributed by atoms with Gasteiger partial charge in [0.25, 0.3) is 0 Å². The molecular weight excluding hydrogens is 256 g/mol. The lowest BCUT2D eigenvalue weighted by molar-refractivity contribution is -0.131. The summed E-state index contributed by atoms with van der Waals surface area (Å²) in [5.74, 6) is 1.42. The fourth-order valence-corrected chi connectivity index (χ4v) is 2.85. The first-order chi connectivity index (χ1) is 9.60. The van der Waals surface area contributed by atoms with Crippen LogP contribution >= 0.6 is 0 Å². The first-order valence-corrected chi connectivity index (χ1v) is 6.82. The minimum absolute atomic E-state index is 0.104. The molecule has 1 aliphatic rings.